The van der Waals surface area contributed by atoms with Gasteiger partial charge in [0.2, 0.25) is 11.8 Å². The highest BCUT2D eigenvalue weighted by molar-refractivity contribution is 6.33. The topological polar surface area (TPSA) is 60.9 Å². The van der Waals surface area contributed by atoms with E-state index in [1.807, 2.05) is 9.80 Å². The second kappa shape index (κ2) is 8.30. The maximum Gasteiger partial charge on any atom is 0.255 e. The summed E-state index contributed by atoms with van der Waals surface area (Å²) in [6.45, 7) is 3.13. The third-order valence-corrected chi connectivity index (χ3v) is 6.44. The van der Waals surface area contributed by atoms with Crippen LogP contribution in [0.15, 0.2) is 18.2 Å². The molecule has 0 spiro atoms. The number of amides is 3. The highest BCUT2D eigenvalue weighted by Gasteiger charge is 2.37. The van der Waals surface area contributed by atoms with Crippen molar-refractivity contribution < 1.29 is 18.8 Å². The Balaban J connectivity index is 1.27. The molecule has 0 N–H and O–H groups in total. The van der Waals surface area contributed by atoms with Gasteiger partial charge in [-0.15, -0.1) is 0 Å². The Morgan fingerprint density at radius 2 is 1.31 bits per heavy atom. The van der Waals surface area contributed by atoms with Gasteiger partial charge in [-0.2, -0.15) is 0 Å². The van der Waals surface area contributed by atoms with Gasteiger partial charge in [0.15, 0.2) is 0 Å². The van der Waals surface area contributed by atoms with Crippen molar-refractivity contribution >= 4 is 29.3 Å². The molecule has 6 nitrogen and oxygen atoms in total. The Kier molecular flexibility index (Phi) is 5.76. The first-order valence-corrected chi connectivity index (χ1v) is 10.6. The van der Waals surface area contributed by atoms with Crippen molar-refractivity contribution in [2.24, 2.45) is 11.8 Å². The van der Waals surface area contributed by atoms with E-state index in [4.69, 9.17) is 11.6 Å². The van der Waals surface area contributed by atoms with Gasteiger partial charge in [0.25, 0.3) is 5.91 Å². The quantitative estimate of drug-likeness (QED) is 0.753. The summed E-state index contributed by atoms with van der Waals surface area (Å²) in [7, 11) is 0. The van der Waals surface area contributed by atoms with Gasteiger partial charge in [-0.3, -0.25) is 14.4 Å². The third kappa shape index (κ3) is 4.39. The molecule has 0 atom stereocenters. The molecule has 3 fully saturated rings. The van der Waals surface area contributed by atoms with Crippen molar-refractivity contribution in [3.05, 3.63) is 34.6 Å². The molecule has 2 heterocycles. The first-order valence-electron chi connectivity index (χ1n) is 10.3. The summed E-state index contributed by atoms with van der Waals surface area (Å²) in [5.41, 5.74) is 0.278. The lowest BCUT2D eigenvalue weighted by atomic mass is 9.94. The molecule has 1 aliphatic carbocycles. The summed E-state index contributed by atoms with van der Waals surface area (Å²) in [5.74, 6) is -0.173. The molecule has 1 aromatic rings. The van der Waals surface area contributed by atoms with Gasteiger partial charge in [-0.1, -0.05) is 11.6 Å². The molecule has 3 amide bonds. The first-order chi connectivity index (χ1) is 13.9. The van der Waals surface area contributed by atoms with Crippen LogP contribution >= 0.6 is 11.6 Å². The van der Waals surface area contributed by atoms with E-state index >= 15 is 0 Å². The van der Waals surface area contributed by atoms with E-state index < -0.39 is 5.82 Å². The second-order valence-electron chi connectivity index (χ2n) is 8.12. The summed E-state index contributed by atoms with van der Waals surface area (Å²) in [4.78, 5) is 43.1. The number of rotatable bonds is 3. The number of carbonyl (C=O) groups is 3. The Morgan fingerprint density at radius 3 is 1.86 bits per heavy atom. The summed E-state index contributed by atoms with van der Waals surface area (Å²) in [5, 5.41) is 0.0982. The molecule has 2 saturated heterocycles. The van der Waals surface area contributed by atoms with Gasteiger partial charge in [-0.05, 0) is 43.9 Å². The van der Waals surface area contributed by atoms with E-state index in [2.05, 4.69) is 0 Å². The Morgan fingerprint density at radius 1 is 0.793 bits per heavy atom. The fourth-order valence-corrected chi connectivity index (χ4v) is 4.40. The number of piperidine rings is 1. The largest absolute Gasteiger partial charge is 0.342 e. The maximum atomic E-state index is 13.2. The Bertz CT molecular complexity index is 813. The molecule has 29 heavy (non-hydrogen) atoms. The lowest BCUT2D eigenvalue weighted by Gasteiger charge is -2.38. The first kappa shape index (κ1) is 20.1. The Hall–Kier alpha value is -2.15. The van der Waals surface area contributed by atoms with Crippen LogP contribution in [0.25, 0.3) is 0 Å². The molecule has 2 aliphatic heterocycles. The molecule has 156 valence electrons. The lowest BCUT2D eigenvalue weighted by molar-refractivity contribution is -0.142. The van der Waals surface area contributed by atoms with Crippen molar-refractivity contribution in [1.82, 2.24) is 14.7 Å². The summed E-state index contributed by atoms with van der Waals surface area (Å²) < 4.78 is 13.2. The summed E-state index contributed by atoms with van der Waals surface area (Å²) in [6, 6.07) is 3.75. The number of hydrogen-bond acceptors (Lipinski definition) is 3. The standard InChI is InChI=1S/C21H25ClFN3O3/c22-18-13-16(23)3-4-17(18)21(29)26-11-9-25(10-12-26)20(28)15-5-7-24(8-6-15)19(27)14-1-2-14/h3-4,13-15H,1-2,5-12H2. The zero-order valence-electron chi connectivity index (χ0n) is 16.3. The second-order valence-corrected chi connectivity index (χ2v) is 8.52. The fraction of sp³-hybridized carbons (Fsp3) is 0.571. The molecule has 4 rings (SSSR count). The molecule has 0 bridgehead atoms. The Labute approximate surface area is 174 Å². The van der Waals surface area contributed by atoms with Gasteiger partial charge in [0, 0.05) is 51.1 Å². The maximum absolute atomic E-state index is 13.2. The number of halogens is 2. The van der Waals surface area contributed by atoms with E-state index in [-0.39, 0.29) is 40.1 Å². The highest BCUT2D eigenvalue weighted by Crippen LogP contribution is 2.32. The lowest BCUT2D eigenvalue weighted by Crippen LogP contribution is -2.53. The van der Waals surface area contributed by atoms with Gasteiger partial charge >= 0.3 is 0 Å². The molecular weight excluding hydrogens is 397 g/mol. The zero-order valence-corrected chi connectivity index (χ0v) is 17.0. The van der Waals surface area contributed by atoms with Crippen LogP contribution in [-0.2, 0) is 9.59 Å². The van der Waals surface area contributed by atoms with E-state index in [0.717, 1.165) is 18.9 Å². The van der Waals surface area contributed by atoms with Crippen molar-refractivity contribution in [3.63, 3.8) is 0 Å². The summed E-state index contributed by atoms with van der Waals surface area (Å²) in [6.07, 6.45) is 3.43. The monoisotopic (exact) mass is 421 g/mol. The van der Waals surface area contributed by atoms with Crippen LogP contribution in [0.3, 0.4) is 0 Å². The normalized spacial score (nSPS) is 20.7. The fourth-order valence-electron chi connectivity index (χ4n) is 4.16. The molecule has 0 aromatic heterocycles. The minimum absolute atomic E-state index is 0.0490. The van der Waals surface area contributed by atoms with E-state index in [9.17, 15) is 18.8 Å². The molecule has 0 unspecified atom stereocenters. The van der Waals surface area contributed by atoms with Gasteiger partial charge in [0.05, 0.1) is 10.6 Å². The van der Waals surface area contributed by atoms with Crippen molar-refractivity contribution in [2.75, 3.05) is 39.3 Å². The molecule has 1 aromatic carbocycles. The van der Waals surface area contributed by atoms with Crippen molar-refractivity contribution in [3.8, 4) is 0 Å². The molecule has 8 heteroatoms. The van der Waals surface area contributed by atoms with Crippen molar-refractivity contribution in [1.29, 1.82) is 0 Å². The van der Waals surface area contributed by atoms with Crippen LogP contribution in [0.4, 0.5) is 4.39 Å². The van der Waals surface area contributed by atoms with E-state index in [1.54, 1.807) is 4.90 Å². The highest BCUT2D eigenvalue weighted by atomic mass is 35.5. The number of piperazine rings is 1. The number of carbonyl (C=O) groups excluding carboxylic acids is 3. The average Bonchev–Trinajstić information content (AvgIpc) is 3.58. The molecule has 3 aliphatic rings. The number of hydrogen-bond donors (Lipinski definition) is 0. The number of benzene rings is 1. The number of nitrogens with zero attached hydrogens (tertiary/aromatic N) is 3. The third-order valence-electron chi connectivity index (χ3n) is 6.12. The van der Waals surface area contributed by atoms with Crippen LogP contribution in [0.1, 0.15) is 36.0 Å². The number of likely N-dealkylation sites (tertiary alicyclic amines) is 1. The average molecular weight is 422 g/mol. The van der Waals surface area contributed by atoms with Crippen LogP contribution in [0.5, 0.6) is 0 Å². The molecule has 1 saturated carbocycles. The minimum atomic E-state index is -0.480. The zero-order chi connectivity index (χ0) is 20.5. The smallest absolute Gasteiger partial charge is 0.255 e. The van der Waals surface area contributed by atoms with Crippen LogP contribution in [-0.4, -0.2) is 71.7 Å². The molecular formula is C21H25ClFN3O3. The predicted molar refractivity (Wildman–Crippen MR) is 106 cm³/mol. The van der Waals surface area contributed by atoms with E-state index in [0.29, 0.717) is 52.1 Å². The van der Waals surface area contributed by atoms with Crippen molar-refractivity contribution in [2.45, 2.75) is 25.7 Å². The van der Waals surface area contributed by atoms with Gasteiger partial charge < -0.3 is 14.7 Å². The van der Waals surface area contributed by atoms with E-state index in [1.165, 1.54) is 12.1 Å². The minimum Gasteiger partial charge on any atom is -0.342 e. The van der Waals surface area contributed by atoms with Crippen LogP contribution < -0.4 is 0 Å². The molecule has 0 radical (unpaired) electrons. The van der Waals surface area contributed by atoms with Gasteiger partial charge in [0.1, 0.15) is 5.82 Å². The van der Waals surface area contributed by atoms with Crippen LogP contribution in [0.2, 0.25) is 5.02 Å². The predicted octanol–water partition coefficient (Wildman–Crippen LogP) is 2.41. The summed E-state index contributed by atoms with van der Waals surface area (Å²) >= 11 is 6.00. The SMILES string of the molecule is O=C(c1ccc(F)cc1Cl)N1CCN(C(=O)C2CCN(C(=O)C3CC3)CC2)CC1. The van der Waals surface area contributed by atoms with Gasteiger partial charge in [-0.25, -0.2) is 4.39 Å². The van der Waals surface area contributed by atoms with Crippen LogP contribution in [0, 0.1) is 17.7 Å².